The van der Waals surface area contributed by atoms with Gasteiger partial charge in [-0.2, -0.15) is 0 Å². The Morgan fingerprint density at radius 1 is 1.35 bits per heavy atom. The standard InChI is InChI=1S/C14H18O2S/c1-11-5-4-8-13(9-11)17(16)10-14(15)12-6-2-3-7-12/h4-5,8-9,12H,2-3,6-7,10H2,1H3. The van der Waals surface area contributed by atoms with Gasteiger partial charge in [-0.3, -0.25) is 9.00 Å². The first kappa shape index (κ1) is 12.5. The van der Waals surface area contributed by atoms with E-state index in [-0.39, 0.29) is 17.5 Å². The maximum Gasteiger partial charge on any atom is 0.148 e. The predicted octanol–water partition coefficient (Wildman–Crippen LogP) is 2.86. The molecule has 0 bridgehead atoms. The molecule has 2 rings (SSSR count). The van der Waals surface area contributed by atoms with Gasteiger partial charge in [0.2, 0.25) is 0 Å². The zero-order valence-corrected chi connectivity index (χ0v) is 11.0. The number of carbonyl (C=O) groups is 1. The van der Waals surface area contributed by atoms with Gasteiger partial charge in [-0.05, 0) is 37.5 Å². The molecule has 1 aliphatic carbocycles. The summed E-state index contributed by atoms with van der Waals surface area (Å²) in [4.78, 5) is 12.7. The smallest absolute Gasteiger partial charge is 0.148 e. The molecule has 1 saturated carbocycles. The lowest BCUT2D eigenvalue weighted by molar-refractivity contribution is -0.120. The number of ketones is 1. The van der Waals surface area contributed by atoms with Crippen molar-refractivity contribution in [3.05, 3.63) is 29.8 Å². The van der Waals surface area contributed by atoms with E-state index in [2.05, 4.69) is 0 Å². The number of hydrogen-bond donors (Lipinski definition) is 0. The van der Waals surface area contributed by atoms with E-state index in [9.17, 15) is 9.00 Å². The van der Waals surface area contributed by atoms with Gasteiger partial charge < -0.3 is 0 Å². The molecule has 0 aromatic heterocycles. The molecule has 3 heteroatoms. The third-order valence-corrected chi connectivity index (χ3v) is 4.66. The molecule has 0 radical (unpaired) electrons. The van der Waals surface area contributed by atoms with Crippen molar-refractivity contribution in [3.8, 4) is 0 Å². The highest BCUT2D eigenvalue weighted by molar-refractivity contribution is 7.85. The van der Waals surface area contributed by atoms with Crippen LogP contribution in [0.25, 0.3) is 0 Å². The number of hydrogen-bond acceptors (Lipinski definition) is 2. The fourth-order valence-corrected chi connectivity index (χ4v) is 3.54. The number of aryl methyl sites for hydroxylation is 1. The highest BCUT2D eigenvalue weighted by Gasteiger charge is 2.24. The Balaban J connectivity index is 1.99. The van der Waals surface area contributed by atoms with Crippen LogP contribution < -0.4 is 0 Å². The van der Waals surface area contributed by atoms with Gasteiger partial charge in [-0.25, -0.2) is 0 Å². The van der Waals surface area contributed by atoms with Gasteiger partial charge in [-0.15, -0.1) is 0 Å². The van der Waals surface area contributed by atoms with Gasteiger partial charge in [0.05, 0.1) is 16.6 Å². The Kier molecular flexibility index (Phi) is 4.11. The zero-order valence-electron chi connectivity index (χ0n) is 10.1. The van der Waals surface area contributed by atoms with E-state index in [0.29, 0.717) is 0 Å². The van der Waals surface area contributed by atoms with Crippen molar-refractivity contribution in [2.75, 3.05) is 5.75 Å². The SMILES string of the molecule is Cc1cccc(S(=O)CC(=O)C2CCCC2)c1. The Morgan fingerprint density at radius 2 is 2.06 bits per heavy atom. The molecule has 0 saturated heterocycles. The van der Waals surface area contributed by atoms with E-state index >= 15 is 0 Å². The van der Waals surface area contributed by atoms with Gasteiger partial charge >= 0.3 is 0 Å². The average Bonchev–Trinajstić information content (AvgIpc) is 2.82. The predicted molar refractivity (Wildman–Crippen MR) is 69.4 cm³/mol. The monoisotopic (exact) mass is 250 g/mol. The first-order chi connectivity index (χ1) is 8.16. The lowest BCUT2D eigenvalue weighted by Gasteiger charge is -2.07. The molecule has 2 nitrogen and oxygen atoms in total. The summed E-state index contributed by atoms with van der Waals surface area (Å²) in [6.07, 6.45) is 4.27. The summed E-state index contributed by atoms with van der Waals surface area (Å²) in [5, 5.41) is 0. The molecule has 92 valence electrons. The largest absolute Gasteiger partial charge is 0.298 e. The van der Waals surface area contributed by atoms with E-state index in [1.807, 2.05) is 31.2 Å². The number of benzene rings is 1. The summed E-state index contributed by atoms with van der Waals surface area (Å²) in [5.41, 5.74) is 1.09. The van der Waals surface area contributed by atoms with Crippen LogP contribution in [0, 0.1) is 12.8 Å². The van der Waals surface area contributed by atoms with E-state index in [4.69, 9.17) is 0 Å². The second kappa shape index (κ2) is 5.58. The number of rotatable bonds is 4. The molecule has 0 amide bonds. The van der Waals surface area contributed by atoms with Crippen molar-refractivity contribution >= 4 is 16.6 Å². The molecule has 1 aliphatic rings. The van der Waals surface area contributed by atoms with Crippen LogP contribution in [0.2, 0.25) is 0 Å². The lowest BCUT2D eigenvalue weighted by Crippen LogP contribution is -2.18. The van der Waals surface area contributed by atoms with Crippen LogP contribution in [-0.2, 0) is 15.6 Å². The molecule has 0 aliphatic heterocycles. The lowest BCUT2D eigenvalue weighted by atomic mass is 10.0. The summed E-state index contributed by atoms with van der Waals surface area (Å²) in [5.74, 6) is 0.541. The second-order valence-electron chi connectivity index (χ2n) is 4.75. The van der Waals surface area contributed by atoms with Crippen molar-refractivity contribution < 1.29 is 9.00 Å². The molecule has 1 atom stereocenters. The summed E-state index contributed by atoms with van der Waals surface area (Å²) in [7, 11) is -1.17. The summed E-state index contributed by atoms with van der Waals surface area (Å²) in [6, 6.07) is 7.60. The second-order valence-corrected chi connectivity index (χ2v) is 6.21. The van der Waals surface area contributed by atoms with E-state index < -0.39 is 10.8 Å². The topological polar surface area (TPSA) is 34.1 Å². The Labute approximate surface area is 105 Å². The summed E-state index contributed by atoms with van der Waals surface area (Å²) in [6.45, 7) is 1.97. The van der Waals surface area contributed by atoms with Gasteiger partial charge in [0.15, 0.2) is 0 Å². The number of Topliss-reactive ketones (excluding diaryl/α,β-unsaturated/α-hetero) is 1. The van der Waals surface area contributed by atoms with Gasteiger partial charge in [-0.1, -0.05) is 25.0 Å². The minimum Gasteiger partial charge on any atom is -0.298 e. The molecule has 0 heterocycles. The van der Waals surface area contributed by atoms with Gasteiger partial charge in [0, 0.05) is 10.8 Å². The molecule has 1 fully saturated rings. The van der Waals surface area contributed by atoms with Crippen LogP contribution in [0.1, 0.15) is 31.2 Å². The third-order valence-electron chi connectivity index (χ3n) is 3.34. The van der Waals surface area contributed by atoms with Crippen LogP contribution in [0.5, 0.6) is 0 Å². The van der Waals surface area contributed by atoms with Gasteiger partial charge in [0.25, 0.3) is 0 Å². The molecular weight excluding hydrogens is 232 g/mol. The average molecular weight is 250 g/mol. The first-order valence-electron chi connectivity index (χ1n) is 6.14. The highest BCUT2D eigenvalue weighted by atomic mass is 32.2. The molecule has 1 unspecified atom stereocenters. The first-order valence-corrected chi connectivity index (χ1v) is 7.46. The Morgan fingerprint density at radius 3 is 2.71 bits per heavy atom. The number of carbonyl (C=O) groups excluding carboxylic acids is 1. The van der Waals surface area contributed by atoms with Crippen molar-refractivity contribution in [1.29, 1.82) is 0 Å². The highest BCUT2D eigenvalue weighted by Crippen LogP contribution is 2.26. The quantitative estimate of drug-likeness (QED) is 0.823. The van der Waals surface area contributed by atoms with Crippen molar-refractivity contribution in [1.82, 2.24) is 0 Å². The molecule has 1 aromatic rings. The minimum absolute atomic E-state index is 0.170. The van der Waals surface area contributed by atoms with Crippen molar-refractivity contribution in [2.24, 2.45) is 5.92 Å². The zero-order chi connectivity index (χ0) is 12.3. The minimum atomic E-state index is -1.17. The molecule has 0 N–H and O–H groups in total. The fourth-order valence-electron chi connectivity index (χ4n) is 2.34. The molecule has 17 heavy (non-hydrogen) atoms. The van der Waals surface area contributed by atoms with Crippen LogP contribution >= 0.6 is 0 Å². The van der Waals surface area contributed by atoms with E-state index in [1.165, 1.54) is 0 Å². The van der Waals surface area contributed by atoms with Gasteiger partial charge in [0.1, 0.15) is 5.78 Å². The molecule has 0 spiro atoms. The van der Waals surface area contributed by atoms with Crippen LogP contribution in [0.3, 0.4) is 0 Å². The molecule has 1 aromatic carbocycles. The van der Waals surface area contributed by atoms with E-state index in [1.54, 1.807) is 0 Å². The molecular formula is C14H18O2S. The van der Waals surface area contributed by atoms with Crippen molar-refractivity contribution in [2.45, 2.75) is 37.5 Å². The van der Waals surface area contributed by atoms with Crippen molar-refractivity contribution in [3.63, 3.8) is 0 Å². The summed E-state index contributed by atoms with van der Waals surface area (Å²) >= 11 is 0. The van der Waals surface area contributed by atoms with Crippen LogP contribution in [-0.4, -0.2) is 15.7 Å². The third kappa shape index (κ3) is 3.25. The van der Waals surface area contributed by atoms with Crippen LogP contribution in [0.4, 0.5) is 0 Å². The maximum absolute atomic E-state index is 12.1. The Hall–Kier alpha value is -0.960. The summed E-state index contributed by atoms with van der Waals surface area (Å²) < 4.78 is 12.1. The fraction of sp³-hybridized carbons (Fsp3) is 0.500. The van der Waals surface area contributed by atoms with E-state index in [0.717, 1.165) is 36.1 Å². The maximum atomic E-state index is 12.1. The Bertz CT molecular complexity index is 434. The normalized spacial score (nSPS) is 18.2. The van der Waals surface area contributed by atoms with Crippen LogP contribution in [0.15, 0.2) is 29.2 Å².